The number of hydrogen-bond donors (Lipinski definition) is 0. The van der Waals surface area contributed by atoms with E-state index >= 15 is 0 Å². The minimum Gasteiger partial charge on any atom is -0.464 e. The van der Waals surface area contributed by atoms with Gasteiger partial charge in [0.1, 0.15) is 12.4 Å². The minimum absolute atomic E-state index is 0.0293. The number of unbranched alkanes of at least 4 members (excludes halogenated alkanes) is 3. The summed E-state index contributed by atoms with van der Waals surface area (Å²) in [5, 5.41) is -0.195. The van der Waals surface area contributed by atoms with E-state index in [9.17, 15) is 14.4 Å². The SMILES string of the molecule is CCCCCC(=O)c1ccc([C@H]2C(=O)C[C@@H](Cl)[C@@H]2C/C=C\CCCC(=O)OCCN2CCOCC2)cc1. The zero-order valence-corrected chi connectivity index (χ0v) is 22.9. The summed E-state index contributed by atoms with van der Waals surface area (Å²) in [6, 6.07) is 7.55. The molecule has 3 atom stereocenters. The van der Waals surface area contributed by atoms with Gasteiger partial charge in [0.05, 0.1) is 13.2 Å². The lowest BCUT2D eigenvalue weighted by Gasteiger charge is -2.26. The van der Waals surface area contributed by atoms with Gasteiger partial charge < -0.3 is 9.47 Å². The first-order chi connectivity index (χ1) is 18.0. The van der Waals surface area contributed by atoms with Crippen LogP contribution in [0, 0.1) is 5.92 Å². The summed E-state index contributed by atoms with van der Waals surface area (Å²) in [7, 11) is 0. The van der Waals surface area contributed by atoms with Gasteiger partial charge in [-0.3, -0.25) is 19.3 Å². The molecule has 0 aromatic heterocycles. The van der Waals surface area contributed by atoms with E-state index in [0.717, 1.165) is 70.5 Å². The number of benzene rings is 1. The molecular formula is C30H42ClNO5. The van der Waals surface area contributed by atoms with Gasteiger partial charge in [-0.2, -0.15) is 0 Å². The van der Waals surface area contributed by atoms with E-state index in [1.807, 2.05) is 24.3 Å². The Kier molecular flexibility index (Phi) is 12.8. The van der Waals surface area contributed by atoms with Crippen LogP contribution in [-0.2, 0) is 19.1 Å². The third-order valence-corrected chi connectivity index (χ3v) is 7.81. The highest BCUT2D eigenvalue weighted by atomic mass is 35.5. The largest absolute Gasteiger partial charge is 0.464 e. The molecule has 0 spiro atoms. The summed E-state index contributed by atoms with van der Waals surface area (Å²) in [6.45, 7) is 6.58. The van der Waals surface area contributed by atoms with Crippen molar-refractivity contribution in [3.63, 3.8) is 0 Å². The van der Waals surface area contributed by atoms with Crippen LogP contribution in [0.1, 0.15) is 86.6 Å². The molecule has 1 saturated heterocycles. The van der Waals surface area contributed by atoms with Gasteiger partial charge in [-0.05, 0) is 37.2 Å². The standard InChI is InChI=1S/C30H42ClNO5/c1-2-3-6-10-27(33)23-12-14-24(15-13-23)30-25(26(31)22-28(30)34)9-7-4-5-8-11-29(35)37-21-18-32-16-19-36-20-17-32/h4,7,12-15,25-26,30H,2-3,5-6,8-11,16-22H2,1H3/b7-4-/t25-,26+,30+/m0/s1. The quantitative estimate of drug-likeness (QED) is 0.0947. The minimum atomic E-state index is -0.238. The first-order valence-corrected chi connectivity index (χ1v) is 14.3. The van der Waals surface area contributed by atoms with Crippen LogP contribution in [-0.4, -0.2) is 67.3 Å². The van der Waals surface area contributed by atoms with Crippen molar-refractivity contribution in [1.29, 1.82) is 0 Å². The topological polar surface area (TPSA) is 72.9 Å². The van der Waals surface area contributed by atoms with Crippen LogP contribution in [0.3, 0.4) is 0 Å². The number of morpholine rings is 1. The molecule has 2 fully saturated rings. The van der Waals surface area contributed by atoms with Crippen molar-refractivity contribution >= 4 is 29.1 Å². The van der Waals surface area contributed by atoms with Crippen LogP contribution in [0.4, 0.5) is 0 Å². The van der Waals surface area contributed by atoms with Crippen molar-refractivity contribution in [2.24, 2.45) is 5.92 Å². The number of halogens is 1. The van der Waals surface area contributed by atoms with Crippen molar-refractivity contribution in [3.8, 4) is 0 Å². The van der Waals surface area contributed by atoms with E-state index in [1.165, 1.54) is 0 Å². The first-order valence-electron chi connectivity index (χ1n) is 13.9. The summed E-state index contributed by atoms with van der Waals surface area (Å²) >= 11 is 6.58. The van der Waals surface area contributed by atoms with Gasteiger partial charge in [0.15, 0.2) is 5.78 Å². The Balaban J connectivity index is 1.39. The van der Waals surface area contributed by atoms with Crippen molar-refractivity contribution in [2.75, 3.05) is 39.5 Å². The summed E-state index contributed by atoms with van der Waals surface area (Å²) in [4.78, 5) is 39.4. The maximum absolute atomic E-state index is 12.8. The van der Waals surface area contributed by atoms with Gasteiger partial charge in [0.2, 0.25) is 0 Å². The Hall–Kier alpha value is -2.02. The predicted octanol–water partition coefficient (Wildman–Crippen LogP) is 5.72. The second-order valence-electron chi connectivity index (χ2n) is 10.1. The van der Waals surface area contributed by atoms with Gasteiger partial charge in [0, 0.05) is 55.8 Å². The molecule has 0 amide bonds. The van der Waals surface area contributed by atoms with Crippen LogP contribution in [0.2, 0.25) is 0 Å². The van der Waals surface area contributed by atoms with Crippen molar-refractivity contribution in [2.45, 2.75) is 76.0 Å². The smallest absolute Gasteiger partial charge is 0.305 e. The molecule has 0 radical (unpaired) electrons. The number of esters is 1. The number of nitrogens with zero attached hydrogens (tertiary/aromatic N) is 1. The monoisotopic (exact) mass is 531 g/mol. The summed E-state index contributed by atoms with van der Waals surface area (Å²) in [5.74, 6) is -0.0376. The maximum atomic E-state index is 12.8. The fourth-order valence-corrected chi connectivity index (χ4v) is 5.51. The van der Waals surface area contributed by atoms with E-state index in [0.29, 0.717) is 37.9 Å². The molecular weight excluding hydrogens is 490 g/mol. The lowest BCUT2D eigenvalue weighted by molar-refractivity contribution is -0.144. The molecule has 7 heteroatoms. The number of Topliss-reactive ketones (excluding diaryl/α,β-unsaturated/α-hetero) is 2. The lowest BCUT2D eigenvalue weighted by Crippen LogP contribution is -2.38. The molecule has 0 N–H and O–H groups in total. The van der Waals surface area contributed by atoms with Crippen LogP contribution in [0.5, 0.6) is 0 Å². The molecule has 0 bridgehead atoms. The van der Waals surface area contributed by atoms with Gasteiger partial charge in [-0.15, -0.1) is 11.6 Å². The Bertz CT molecular complexity index is 894. The average Bonchev–Trinajstić information content (AvgIpc) is 3.19. The number of carbonyl (C=O) groups is 3. The molecule has 0 unspecified atom stereocenters. The second-order valence-corrected chi connectivity index (χ2v) is 10.7. The molecule has 37 heavy (non-hydrogen) atoms. The van der Waals surface area contributed by atoms with Crippen LogP contribution in [0.25, 0.3) is 0 Å². The fourth-order valence-electron chi connectivity index (χ4n) is 5.11. The Labute approximate surface area is 226 Å². The molecule has 1 aliphatic heterocycles. The normalized spacial score (nSPS) is 22.5. The number of allylic oxidation sites excluding steroid dienone is 2. The van der Waals surface area contributed by atoms with Crippen LogP contribution >= 0.6 is 11.6 Å². The molecule has 1 aliphatic carbocycles. The number of hydrogen-bond acceptors (Lipinski definition) is 6. The molecule has 1 heterocycles. The van der Waals surface area contributed by atoms with Crippen LogP contribution < -0.4 is 0 Å². The zero-order chi connectivity index (χ0) is 26.5. The van der Waals surface area contributed by atoms with E-state index in [1.54, 1.807) is 0 Å². The van der Waals surface area contributed by atoms with E-state index in [2.05, 4.69) is 24.0 Å². The predicted molar refractivity (Wildman–Crippen MR) is 146 cm³/mol. The molecule has 3 rings (SSSR count). The third kappa shape index (κ3) is 9.66. The van der Waals surface area contributed by atoms with Crippen molar-refractivity contribution in [1.82, 2.24) is 4.90 Å². The van der Waals surface area contributed by atoms with Crippen molar-refractivity contribution < 1.29 is 23.9 Å². The van der Waals surface area contributed by atoms with Gasteiger partial charge in [-0.1, -0.05) is 56.2 Å². The zero-order valence-electron chi connectivity index (χ0n) is 22.2. The van der Waals surface area contributed by atoms with E-state index < -0.39 is 0 Å². The lowest BCUT2D eigenvalue weighted by atomic mass is 9.85. The molecule has 2 aliphatic rings. The summed E-state index contributed by atoms with van der Waals surface area (Å²) in [6.07, 6.45) is 10.8. The van der Waals surface area contributed by atoms with E-state index in [4.69, 9.17) is 21.1 Å². The summed E-state index contributed by atoms with van der Waals surface area (Å²) in [5.41, 5.74) is 1.65. The highest BCUT2D eigenvalue weighted by molar-refractivity contribution is 6.23. The average molecular weight is 532 g/mol. The Morgan fingerprint density at radius 1 is 1.08 bits per heavy atom. The highest BCUT2D eigenvalue weighted by Crippen LogP contribution is 2.42. The fraction of sp³-hybridized carbons (Fsp3) is 0.633. The van der Waals surface area contributed by atoms with Gasteiger partial charge >= 0.3 is 5.97 Å². The molecule has 1 aromatic carbocycles. The van der Waals surface area contributed by atoms with Crippen LogP contribution in [0.15, 0.2) is 36.4 Å². The molecule has 1 saturated carbocycles. The second kappa shape index (κ2) is 16.1. The van der Waals surface area contributed by atoms with Gasteiger partial charge in [0.25, 0.3) is 0 Å². The van der Waals surface area contributed by atoms with Crippen molar-refractivity contribution in [3.05, 3.63) is 47.5 Å². The number of ketones is 2. The highest BCUT2D eigenvalue weighted by Gasteiger charge is 2.41. The Morgan fingerprint density at radius 3 is 2.57 bits per heavy atom. The molecule has 1 aromatic rings. The number of ether oxygens (including phenoxy) is 2. The van der Waals surface area contributed by atoms with E-state index in [-0.39, 0.29) is 34.7 Å². The maximum Gasteiger partial charge on any atom is 0.305 e. The number of alkyl halides is 1. The third-order valence-electron chi connectivity index (χ3n) is 7.34. The molecule has 204 valence electrons. The summed E-state index contributed by atoms with van der Waals surface area (Å²) < 4.78 is 10.7. The first kappa shape index (κ1) is 29.5. The van der Waals surface area contributed by atoms with Gasteiger partial charge in [-0.25, -0.2) is 0 Å². The Morgan fingerprint density at radius 2 is 1.84 bits per heavy atom. The molecule has 6 nitrogen and oxygen atoms in total. The number of carbonyl (C=O) groups excluding carboxylic acids is 3. The number of rotatable bonds is 15.